The molecule has 1 aromatic rings. The lowest BCUT2D eigenvalue weighted by molar-refractivity contribution is 0.0499. The molecule has 5 nitrogen and oxygen atoms in total. The van der Waals surface area contributed by atoms with E-state index in [0.717, 1.165) is 12.1 Å². The van der Waals surface area contributed by atoms with Crippen molar-refractivity contribution in [2.75, 3.05) is 6.61 Å². The first-order valence-electron chi connectivity index (χ1n) is 4.96. The Balaban J connectivity index is 3.30. The molecule has 100 valence electrons. The highest BCUT2D eigenvalue weighted by molar-refractivity contribution is 9.10. The summed E-state index contributed by atoms with van der Waals surface area (Å²) in [6.07, 6.45) is 0.573. The van der Waals surface area contributed by atoms with Crippen molar-refractivity contribution in [1.29, 1.82) is 0 Å². The highest BCUT2D eigenvalue weighted by Crippen LogP contribution is 2.23. The fourth-order valence-corrected chi connectivity index (χ4v) is 2.45. The van der Waals surface area contributed by atoms with E-state index < -0.39 is 32.3 Å². The molecule has 8 heteroatoms. The minimum atomic E-state index is -4.25. The standard InChI is InChI=1S/C10H11BrFNO4S/c1-2-3-17-10(14)7-4-6(11)5-8(9(7)12)18(13,15)16/h4-5H,2-3H2,1H3,(H2,13,15,16). The van der Waals surface area contributed by atoms with E-state index in [4.69, 9.17) is 9.88 Å². The van der Waals surface area contributed by atoms with Crippen LogP contribution >= 0.6 is 15.9 Å². The number of esters is 1. The molecule has 0 saturated carbocycles. The molecule has 2 N–H and O–H groups in total. The molecule has 18 heavy (non-hydrogen) atoms. The molecule has 0 heterocycles. The second kappa shape index (κ2) is 5.77. The van der Waals surface area contributed by atoms with Gasteiger partial charge in [-0.1, -0.05) is 22.9 Å². The zero-order valence-corrected chi connectivity index (χ0v) is 11.8. The third kappa shape index (κ3) is 3.50. The van der Waals surface area contributed by atoms with Crippen molar-refractivity contribution < 1.29 is 22.3 Å². The number of sulfonamides is 1. The largest absolute Gasteiger partial charge is 0.462 e. The van der Waals surface area contributed by atoms with Crippen molar-refractivity contribution in [2.45, 2.75) is 18.2 Å². The quantitative estimate of drug-likeness (QED) is 0.847. The first kappa shape index (κ1) is 15.1. The van der Waals surface area contributed by atoms with Gasteiger partial charge in [-0.3, -0.25) is 0 Å². The smallest absolute Gasteiger partial charge is 0.341 e. The van der Waals surface area contributed by atoms with Crippen molar-refractivity contribution in [1.82, 2.24) is 0 Å². The minimum Gasteiger partial charge on any atom is -0.462 e. The second-order valence-corrected chi connectivity index (χ2v) is 5.89. The molecule has 0 fully saturated rings. The number of halogens is 2. The van der Waals surface area contributed by atoms with E-state index in [0.29, 0.717) is 6.42 Å². The first-order valence-corrected chi connectivity index (χ1v) is 7.30. The summed E-state index contributed by atoms with van der Waals surface area (Å²) in [6.45, 7) is 1.90. The Bertz CT molecular complexity index is 573. The van der Waals surface area contributed by atoms with Gasteiger partial charge in [0.2, 0.25) is 10.0 Å². The molecule has 0 radical (unpaired) electrons. The summed E-state index contributed by atoms with van der Waals surface area (Å²) >= 11 is 2.98. The van der Waals surface area contributed by atoms with E-state index in [9.17, 15) is 17.6 Å². The fourth-order valence-electron chi connectivity index (χ4n) is 1.19. The van der Waals surface area contributed by atoms with Crippen molar-refractivity contribution in [3.8, 4) is 0 Å². The Morgan fingerprint density at radius 1 is 1.50 bits per heavy atom. The van der Waals surface area contributed by atoms with E-state index in [-0.39, 0.29) is 11.1 Å². The van der Waals surface area contributed by atoms with Crippen molar-refractivity contribution >= 4 is 31.9 Å². The maximum Gasteiger partial charge on any atom is 0.341 e. The molecule has 0 bridgehead atoms. The number of nitrogens with two attached hydrogens (primary N) is 1. The minimum absolute atomic E-state index is 0.121. The summed E-state index contributed by atoms with van der Waals surface area (Å²) in [7, 11) is -4.25. The Morgan fingerprint density at radius 3 is 2.61 bits per heavy atom. The van der Waals surface area contributed by atoms with Gasteiger partial charge in [0.1, 0.15) is 4.90 Å². The van der Waals surface area contributed by atoms with Crippen molar-refractivity contribution in [3.05, 3.63) is 28.0 Å². The number of rotatable bonds is 4. The summed E-state index contributed by atoms with van der Waals surface area (Å²) in [5.41, 5.74) is -0.471. The molecular formula is C10H11BrFNO4S. The van der Waals surface area contributed by atoms with Gasteiger partial charge in [0.05, 0.1) is 12.2 Å². The molecule has 0 atom stereocenters. The molecule has 0 aliphatic heterocycles. The molecule has 1 aromatic carbocycles. The number of primary sulfonamides is 1. The molecule has 0 aromatic heterocycles. The summed E-state index contributed by atoms with van der Waals surface area (Å²) in [5, 5.41) is 4.85. The third-order valence-electron chi connectivity index (χ3n) is 1.97. The maximum absolute atomic E-state index is 13.8. The summed E-state index contributed by atoms with van der Waals surface area (Å²) < 4.78 is 41.1. The van der Waals surface area contributed by atoms with Gasteiger partial charge in [-0.15, -0.1) is 0 Å². The van der Waals surface area contributed by atoms with Crippen LogP contribution in [0.15, 0.2) is 21.5 Å². The molecule has 0 aliphatic carbocycles. The van der Waals surface area contributed by atoms with Crippen LogP contribution in [0.5, 0.6) is 0 Å². The van der Waals surface area contributed by atoms with Crippen LogP contribution < -0.4 is 5.14 Å². The Kier molecular flexibility index (Phi) is 4.83. The van der Waals surface area contributed by atoms with E-state index in [1.807, 2.05) is 0 Å². The first-order chi connectivity index (χ1) is 8.27. The number of hydrogen-bond donors (Lipinski definition) is 1. The van der Waals surface area contributed by atoms with Crippen LogP contribution in [-0.2, 0) is 14.8 Å². The number of carbonyl (C=O) groups is 1. The molecule has 0 spiro atoms. The van der Waals surface area contributed by atoms with Crippen LogP contribution in [0.1, 0.15) is 23.7 Å². The van der Waals surface area contributed by atoms with E-state index in [1.54, 1.807) is 6.92 Å². The summed E-state index contributed by atoms with van der Waals surface area (Å²) in [6, 6.07) is 2.13. The predicted octanol–water partition coefficient (Wildman–Crippen LogP) is 1.80. The highest BCUT2D eigenvalue weighted by atomic mass is 79.9. The Hall–Kier alpha value is -0.990. The van der Waals surface area contributed by atoms with Crippen LogP contribution in [-0.4, -0.2) is 21.0 Å². The van der Waals surface area contributed by atoms with Gasteiger partial charge in [0.25, 0.3) is 0 Å². The second-order valence-electron chi connectivity index (χ2n) is 3.45. The topological polar surface area (TPSA) is 86.5 Å². The lowest BCUT2D eigenvalue weighted by Crippen LogP contribution is -2.17. The molecular weight excluding hydrogens is 329 g/mol. The lowest BCUT2D eigenvalue weighted by atomic mass is 10.2. The van der Waals surface area contributed by atoms with Gasteiger partial charge in [0, 0.05) is 4.47 Å². The number of carbonyl (C=O) groups excluding carboxylic acids is 1. The number of ether oxygens (including phenoxy) is 1. The van der Waals surface area contributed by atoms with Crippen LogP contribution in [0.25, 0.3) is 0 Å². The molecule has 0 saturated heterocycles. The van der Waals surface area contributed by atoms with Crippen LogP contribution in [0, 0.1) is 5.82 Å². The Labute approximate surface area is 112 Å². The molecule has 1 rings (SSSR count). The van der Waals surface area contributed by atoms with Gasteiger partial charge >= 0.3 is 5.97 Å². The van der Waals surface area contributed by atoms with Gasteiger partial charge in [-0.2, -0.15) is 0 Å². The molecule has 0 aliphatic rings. The predicted molar refractivity (Wildman–Crippen MR) is 66.0 cm³/mol. The normalized spacial score (nSPS) is 11.3. The van der Waals surface area contributed by atoms with Crippen LogP contribution in [0.4, 0.5) is 4.39 Å². The molecule has 0 unspecified atom stereocenters. The average molecular weight is 340 g/mol. The summed E-state index contributed by atoms with van der Waals surface area (Å²) in [4.78, 5) is 10.8. The van der Waals surface area contributed by atoms with E-state index >= 15 is 0 Å². The zero-order valence-electron chi connectivity index (χ0n) is 9.44. The van der Waals surface area contributed by atoms with Crippen LogP contribution in [0.2, 0.25) is 0 Å². The highest BCUT2D eigenvalue weighted by Gasteiger charge is 2.23. The van der Waals surface area contributed by atoms with E-state index in [2.05, 4.69) is 15.9 Å². The average Bonchev–Trinajstić information content (AvgIpc) is 2.27. The van der Waals surface area contributed by atoms with Crippen molar-refractivity contribution in [3.63, 3.8) is 0 Å². The Morgan fingerprint density at radius 2 is 2.11 bits per heavy atom. The fraction of sp³-hybridized carbons (Fsp3) is 0.300. The lowest BCUT2D eigenvalue weighted by Gasteiger charge is -2.08. The third-order valence-corrected chi connectivity index (χ3v) is 3.34. The van der Waals surface area contributed by atoms with Crippen LogP contribution in [0.3, 0.4) is 0 Å². The van der Waals surface area contributed by atoms with Crippen molar-refractivity contribution in [2.24, 2.45) is 5.14 Å². The van der Waals surface area contributed by atoms with Gasteiger partial charge in [-0.05, 0) is 18.6 Å². The van der Waals surface area contributed by atoms with Gasteiger partial charge in [-0.25, -0.2) is 22.7 Å². The number of hydrogen-bond acceptors (Lipinski definition) is 4. The maximum atomic E-state index is 13.8. The molecule has 0 amide bonds. The summed E-state index contributed by atoms with van der Waals surface area (Å²) in [5.74, 6) is -2.14. The van der Waals surface area contributed by atoms with E-state index in [1.165, 1.54) is 0 Å². The van der Waals surface area contributed by atoms with Gasteiger partial charge in [0.15, 0.2) is 5.82 Å². The SMILES string of the molecule is CCCOC(=O)c1cc(Br)cc(S(N)(=O)=O)c1F. The monoisotopic (exact) mass is 339 g/mol. The number of benzene rings is 1. The zero-order chi connectivity index (χ0) is 13.9. The van der Waals surface area contributed by atoms with Gasteiger partial charge < -0.3 is 4.74 Å².